The van der Waals surface area contributed by atoms with Crippen LogP contribution in [0.3, 0.4) is 0 Å². The molecule has 0 saturated carbocycles. The van der Waals surface area contributed by atoms with Gasteiger partial charge in [-0.1, -0.05) is 42.5 Å². The van der Waals surface area contributed by atoms with Crippen molar-refractivity contribution in [2.24, 2.45) is 0 Å². The molecule has 0 spiro atoms. The molecular weight excluding hydrogens is 588 g/mol. The first-order valence-electron chi connectivity index (χ1n) is 15.3. The number of rotatable bonds is 10. The van der Waals surface area contributed by atoms with Crippen molar-refractivity contribution in [3.8, 4) is 5.75 Å². The van der Waals surface area contributed by atoms with E-state index in [1.165, 1.54) is 31.0 Å². The van der Waals surface area contributed by atoms with E-state index in [1.54, 1.807) is 31.4 Å². The summed E-state index contributed by atoms with van der Waals surface area (Å²) in [6.07, 6.45) is 4.98. The van der Waals surface area contributed by atoms with Crippen LogP contribution in [0.25, 0.3) is 0 Å². The SMILES string of the molecule is COc1cc(N2CCN(C3CCN(Cc4ccccc4)CC3)CC2)ccc1Nc1ncnc(Nc2ccccc2S(C)(=O)=O)n1. The number of ether oxygens (including phenoxy) is 1. The van der Waals surface area contributed by atoms with Gasteiger partial charge < -0.3 is 20.3 Å². The molecule has 6 rings (SSSR count). The third-order valence-electron chi connectivity index (χ3n) is 8.54. The Kier molecular flexibility index (Phi) is 9.43. The molecule has 2 aliphatic heterocycles. The average molecular weight is 629 g/mol. The predicted octanol–water partition coefficient (Wildman–Crippen LogP) is 4.56. The fourth-order valence-electron chi connectivity index (χ4n) is 6.16. The molecule has 45 heavy (non-hydrogen) atoms. The Morgan fingerprint density at radius 3 is 2.18 bits per heavy atom. The number of benzene rings is 3. The van der Waals surface area contributed by atoms with Gasteiger partial charge in [0.25, 0.3) is 0 Å². The zero-order valence-electron chi connectivity index (χ0n) is 25.8. The number of nitrogens with zero attached hydrogens (tertiary/aromatic N) is 6. The fraction of sp³-hybridized carbons (Fsp3) is 0.364. The number of likely N-dealkylation sites (tertiary alicyclic amines) is 1. The normalized spacial score (nSPS) is 16.8. The molecule has 2 fully saturated rings. The van der Waals surface area contributed by atoms with Crippen LogP contribution in [0, 0.1) is 0 Å². The van der Waals surface area contributed by atoms with E-state index in [1.807, 2.05) is 12.1 Å². The number of para-hydroxylation sites is 1. The van der Waals surface area contributed by atoms with Gasteiger partial charge >= 0.3 is 0 Å². The lowest BCUT2D eigenvalue weighted by atomic mass is 10.0. The van der Waals surface area contributed by atoms with E-state index in [0.717, 1.165) is 57.2 Å². The minimum Gasteiger partial charge on any atom is -0.494 e. The van der Waals surface area contributed by atoms with E-state index in [9.17, 15) is 8.42 Å². The molecule has 3 aromatic carbocycles. The first-order valence-corrected chi connectivity index (χ1v) is 17.2. The summed E-state index contributed by atoms with van der Waals surface area (Å²) in [6.45, 7) is 7.38. The van der Waals surface area contributed by atoms with Gasteiger partial charge in [-0.05, 0) is 55.8 Å². The van der Waals surface area contributed by atoms with Crippen molar-refractivity contribution in [1.29, 1.82) is 0 Å². The highest BCUT2D eigenvalue weighted by molar-refractivity contribution is 7.90. The average Bonchev–Trinajstić information content (AvgIpc) is 3.06. The molecule has 4 aromatic rings. The molecule has 2 aliphatic rings. The summed E-state index contributed by atoms with van der Waals surface area (Å²) in [6, 6.07) is 24.2. The first kappa shape index (κ1) is 30.8. The van der Waals surface area contributed by atoms with Crippen molar-refractivity contribution in [1.82, 2.24) is 24.8 Å². The van der Waals surface area contributed by atoms with Crippen molar-refractivity contribution in [2.45, 2.75) is 30.3 Å². The van der Waals surface area contributed by atoms with Gasteiger partial charge in [-0.2, -0.15) is 4.98 Å². The molecule has 3 heterocycles. The molecule has 0 radical (unpaired) electrons. The Hall–Kier alpha value is -4.26. The van der Waals surface area contributed by atoms with Gasteiger partial charge in [-0.3, -0.25) is 9.80 Å². The van der Waals surface area contributed by atoms with Gasteiger partial charge in [-0.25, -0.2) is 18.4 Å². The van der Waals surface area contributed by atoms with Crippen LogP contribution in [0.4, 0.5) is 29.0 Å². The van der Waals surface area contributed by atoms with E-state index >= 15 is 0 Å². The number of piperidine rings is 1. The highest BCUT2D eigenvalue weighted by Gasteiger charge is 2.28. The van der Waals surface area contributed by atoms with Crippen LogP contribution >= 0.6 is 0 Å². The monoisotopic (exact) mass is 628 g/mol. The summed E-state index contributed by atoms with van der Waals surface area (Å²) in [4.78, 5) is 20.7. The maximum absolute atomic E-state index is 12.2. The molecule has 0 bridgehead atoms. The van der Waals surface area contributed by atoms with Crippen LogP contribution in [-0.4, -0.2) is 91.8 Å². The summed E-state index contributed by atoms with van der Waals surface area (Å²) in [5, 5.41) is 6.22. The fourth-order valence-corrected chi connectivity index (χ4v) is 7.00. The molecule has 0 unspecified atom stereocenters. The minimum atomic E-state index is -3.43. The van der Waals surface area contributed by atoms with Crippen molar-refractivity contribution >= 4 is 38.8 Å². The second-order valence-electron chi connectivity index (χ2n) is 11.6. The van der Waals surface area contributed by atoms with E-state index in [0.29, 0.717) is 23.4 Å². The number of hydrogen-bond acceptors (Lipinski definition) is 11. The van der Waals surface area contributed by atoms with E-state index in [4.69, 9.17) is 4.74 Å². The third kappa shape index (κ3) is 7.70. The first-order chi connectivity index (χ1) is 21.9. The van der Waals surface area contributed by atoms with Crippen LogP contribution in [-0.2, 0) is 16.4 Å². The van der Waals surface area contributed by atoms with E-state index in [-0.39, 0.29) is 10.8 Å². The van der Waals surface area contributed by atoms with E-state index < -0.39 is 9.84 Å². The number of anilines is 5. The van der Waals surface area contributed by atoms with Crippen LogP contribution in [0.1, 0.15) is 18.4 Å². The molecule has 236 valence electrons. The number of hydrogen-bond donors (Lipinski definition) is 2. The summed E-state index contributed by atoms with van der Waals surface area (Å²) in [5.74, 6) is 1.20. The molecule has 11 nitrogen and oxygen atoms in total. The molecular formula is C33H40N8O3S. The second-order valence-corrected chi connectivity index (χ2v) is 13.5. The van der Waals surface area contributed by atoms with Gasteiger partial charge in [0.1, 0.15) is 12.1 Å². The number of piperazine rings is 1. The van der Waals surface area contributed by atoms with Gasteiger partial charge in [0.05, 0.1) is 23.4 Å². The quantitative estimate of drug-likeness (QED) is 0.258. The summed E-state index contributed by atoms with van der Waals surface area (Å²) in [7, 11) is -1.78. The number of nitrogens with one attached hydrogen (secondary N) is 2. The van der Waals surface area contributed by atoms with Gasteiger partial charge in [0.2, 0.25) is 11.9 Å². The second kappa shape index (κ2) is 13.8. The van der Waals surface area contributed by atoms with Crippen molar-refractivity contribution in [3.05, 3.63) is 84.7 Å². The maximum atomic E-state index is 12.2. The number of aromatic nitrogens is 3. The standard InChI is InChI=1S/C33H40N8O3S/c1-44-30-22-27(41-20-18-40(19-21-41)26-14-16-39(17-15-26)23-25-8-4-3-5-9-25)12-13-28(30)36-32-34-24-35-33(38-32)37-29-10-6-7-11-31(29)45(2,42)43/h3-13,22,24,26H,14-21,23H2,1-2H3,(H2,34,35,36,37,38). The summed E-state index contributed by atoms with van der Waals surface area (Å²) in [5.41, 5.74) is 3.62. The third-order valence-corrected chi connectivity index (χ3v) is 9.69. The van der Waals surface area contributed by atoms with Crippen molar-refractivity contribution < 1.29 is 13.2 Å². The topological polar surface area (TPSA) is 116 Å². The zero-order chi connectivity index (χ0) is 31.2. The molecule has 2 saturated heterocycles. The van der Waals surface area contributed by atoms with Crippen LogP contribution in [0.5, 0.6) is 5.75 Å². The van der Waals surface area contributed by atoms with Gasteiger partial charge in [0, 0.05) is 56.8 Å². The molecule has 0 amide bonds. The van der Waals surface area contributed by atoms with Crippen LogP contribution < -0.4 is 20.3 Å². The Morgan fingerprint density at radius 1 is 0.822 bits per heavy atom. The smallest absolute Gasteiger partial charge is 0.232 e. The zero-order valence-corrected chi connectivity index (χ0v) is 26.6. The highest BCUT2D eigenvalue weighted by atomic mass is 32.2. The van der Waals surface area contributed by atoms with Gasteiger partial charge in [-0.15, -0.1) is 0 Å². The molecule has 0 atom stereocenters. The summed E-state index contributed by atoms with van der Waals surface area (Å²) < 4.78 is 30.1. The largest absolute Gasteiger partial charge is 0.494 e. The van der Waals surface area contributed by atoms with Crippen molar-refractivity contribution in [2.75, 3.05) is 68.2 Å². The van der Waals surface area contributed by atoms with E-state index in [2.05, 4.69) is 76.7 Å². The lowest BCUT2D eigenvalue weighted by Crippen LogP contribution is -2.53. The predicted molar refractivity (Wildman–Crippen MR) is 177 cm³/mol. The highest BCUT2D eigenvalue weighted by Crippen LogP contribution is 2.33. The number of sulfone groups is 1. The van der Waals surface area contributed by atoms with Crippen LogP contribution in [0.15, 0.2) is 84.0 Å². The maximum Gasteiger partial charge on any atom is 0.232 e. The molecule has 2 N–H and O–H groups in total. The van der Waals surface area contributed by atoms with Gasteiger partial charge in [0.15, 0.2) is 9.84 Å². The Labute approximate surface area is 265 Å². The van der Waals surface area contributed by atoms with Crippen LogP contribution in [0.2, 0.25) is 0 Å². The molecule has 1 aromatic heterocycles. The molecule has 0 aliphatic carbocycles. The van der Waals surface area contributed by atoms with Crippen molar-refractivity contribution in [3.63, 3.8) is 0 Å². The molecule has 12 heteroatoms. The minimum absolute atomic E-state index is 0.169. The lowest BCUT2D eigenvalue weighted by molar-refractivity contribution is 0.0998. The Morgan fingerprint density at radius 2 is 1.49 bits per heavy atom. The Balaban J connectivity index is 1.04. The lowest BCUT2D eigenvalue weighted by Gasteiger charge is -2.43. The number of methoxy groups -OCH3 is 1. The Bertz CT molecular complexity index is 1690. The summed E-state index contributed by atoms with van der Waals surface area (Å²) >= 11 is 0.